The highest BCUT2D eigenvalue weighted by Gasteiger charge is 2.29. The number of nitrogens with two attached hydrogens (primary N) is 1. The van der Waals surface area contributed by atoms with Gasteiger partial charge in [-0.25, -0.2) is 4.39 Å². The molecule has 0 fully saturated rings. The minimum Gasteiger partial charge on any atom is -0.329 e. The Hall–Kier alpha value is -1.23. The molecule has 108 valence electrons. The van der Waals surface area contributed by atoms with Gasteiger partial charge in [-0.05, 0) is 43.5 Å². The zero-order valence-electron chi connectivity index (χ0n) is 12.0. The maximum Gasteiger partial charge on any atom is 0.126 e. The first-order chi connectivity index (χ1) is 9.55. The average Bonchev–Trinajstić information content (AvgIpc) is 2.94. The van der Waals surface area contributed by atoms with Gasteiger partial charge in [0, 0.05) is 23.5 Å². The Kier molecular flexibility index (Phi) is 4.91. The van der Waals surface area contributed by atoms with Gasteiger partial charge in [-0.15, -0.1) is 11.3 Å². The van der Waals surface area contributed by atoms with Gasteiger partial charge < -0.3 is 5.73 Å². The van der Waals surface area contributed by atoms with Crippen molar-refractivity contribution in [1.82, 2.24) is 4.90 Å². The van der Waals surface area contributed by atoms with E-state index in [0.29, 0.717) is 13.0 Å². The Bertz CT molecular complexity index is 541. The fourth-order valence-corrected chi connectivity index (χ4v) is 3.00. The Morgan fingerprint density at radius 1 is 1.25 bits per heavy atom. The normalized spacial score (nSPS) is 14.4. The van der Waals surface area contributed by atoms with Crippen LogP contribution in [0.4, 0.5) is 4.39 Å². The molecule has 2 rings (SSSR count). The number of nitrogens with zero attached hydrogens (tertiary/aromatic N) is 1. The van der Waals surface area contributed by atoms with Gasteiger partial charge in [0.05, 0.1) is 0 Å². The topological polar surface area (TPSA) is 29.3 Å². The molecule has 0 bridgehead atoms. The lowest BCUT2D eigenvalue weighted by molar-refractivity contribution is 0.136. The fourth-order valence-electron chi connectivity index (χ4n) is 2.24. The third kappa shape index (κ3) is 3.45. The summed E-state index contributed by atoms with van der Waals surface area (Å²) in [7, 11) is 2.05. The van der Waals surface area contributed by atoms with Crippen LogP contribution in [-0.4, -0.2) is 24.0 Å². The monoisotopic (exact) mass is 292 g/mol. The minimum absolute atomic E-state index is 0.156. The van der Waals surface area contributed by atoms with Crippen molar-refractivity contribution in [3.63, 3.8) is 0 Å². The molecule has 0 radical (unpaired) electrons. The molecular formula is C16H21FN2S. The third-order valence-corrected chi connectivity index (χ3v) is 4.72. The molecule has 1 heterocycles. The van der Waals surface area contributed by atoms with E-state index in [1.807, 2.05) is 25.2 Å². The van der Waals surface area contributed by atoms with Gasteiger partial charge in [0.25, 0.3) is 0 Å². The smallest absolute Gasteiger partial charge is 0.126 e. The second-order valence-corrected chi connectivity index (χ2v) is 6.44. The van der Waals surface area contributed by atoms with Crippen LogP contribution in [0.25, 0.3) is 0 Å². The molecule has 0 aliphatic heterocycles. The molecule has 4 heteroatoms. The van der Waals surface area contributed by atoms with Gasteiger partial charge in [-0.1, -0.05) is 24.3 Å². The second kappa shape index (κ2) is 6.48. The maximum atomic E-state index is 13.8. The first kappa shape index (κ1) is 15.2. The first-order valence-corrected chi connectivity index (χ1v) is 7.60. The van der Waals surface area contributed by atoms with Crippen molar-refractivity contribution in [2.45, 2.75) is 25.4 Å². The molecular weight excluding hydrogens is 271 g/mol. The van der Waals surface area contributed by atoms with E-state index in [1.54, 1.807) is 17.4 Å². The van der Waals surface area contributed by atoms with Crippen LogP contribution < -0.4 is 5.73 Å². The third-order valence-electron chi connectivity index (χ3n) is 3.86. The average molecular weight is 292 g/mol. The number of rotatable bonds is 6. The van der Waals surface area contributed by atoms with Crippen LogP contribution in [0, 0.1) is 5.82 Å². The molecule has 1 aromatic carbocycles. The van der Waals surface area contributed by atoms with Crippen molar-refractivity contribution >= 4 is 11.3 Å². The molecule has 0 aliphatic rings. The quantitative estimate of drug-likeness (QED) is 0.885. The standard InChI is InChI=1S/C16H21FN2S/c1-16(12-18,10-13-6-3-4-8-15(13)17)19(2)11-14-7-5-9-20-14/h3-9H,10-12,18H2,1-2H3. The molecule has 0 saturated heterocycles. The maximum absolute atomic E-state index is 13.8. The molecule has 20 heavy (non-hydrogen) atoms. The molecule has 2 nitrogen and oxygen atoms in total. The minimum atomic E-state index is -0.258. The van der Waals surface area contributed by atoms with E-state index in [0.717, 1.165) is 12.1 Å². The summed E-state index contributed by atoms with van der Waals surface area (Å²) < 4.78 is 13.8. The van der Waals surface area contributed by atoms with E-state index in [2.05, 4.69) is 23.3 Å². The van der Waals surface area contributed by atoms with Crippen LogP contribution in [0.1, 0.15) is 17.4 Å². The lowest BCUT2D eigenvalue weighted by Crippen LogP contribution is -2.51. The number of thiophene rings is 1. The van der Waals surface area contributed by atoms with Crippen LogP contribution in [0.3, 0.4) is 0 Å². The lowest BCUT2D eigenvalue weighted by Gasteiger charge is -2.38. The summed E-state index contributed by atoms with van der Waals surface area (Å²) in [6, 6.07) is 11.1. The molecule has 1 aromatic heterocycles. The fraction of sp³-hybridized carbons (Fsp3) is 0.375. The van der Waals surface area contributed by atoms with Crippen molar-refractivity contribution in [3.05, 3.63) is 58.0 Å². The Labute approximate surface area is 124 Å². The largest absolute Gasteiger partial charge is 0.329 e. The van der Waals surface area contributed by atoms with Crippen LogP contribution in [0.15, 0.2) is 41.8 Å². The van der Waals surface area contributed by atoms with Crippen LogP contribution in [0.2, 0.25) is 0 Å². The summed E-state index contributed by atoms with van der Waals surface area (Å²) in [5.41, 5.74) is 6.44. The van der Waals surface area contributed by atoms with E-state index in [9.17, 15) is 4.39 Å². The predicted octanol–water partition coefficient (Wildman–Crippen LogP) is 3.28. The highest BCUT2D eigenvalue weighted by molar-refractivity contribution is 7.09. The van der Waals surface area contributed by atoms with Crippen LogP contribution in [0.5, 0.6) is 0 Å². The van der Waals surface area contributed by atoms with Gasteiger partial charge in [0.2, 0.25) is 0 Å². The lowest BCUT2D eigenvalue weighted by atomic mass is 9.91. The van der Waals surface area contributed by atoms with E-state index in [1.165, 1.54) is 10.9 Å². The van der Waals surface area contributed by atoms with Crippen molar-refractivity contribution < 1.29 is 4.39 Å². The Morgan fingerprint density at radius 3 is 2.60 bits per heavy atom. The van der Waals surface area contributed by atoms with E-state index in [-0.39, 0.29) is 11.4 Å². The highest BCUT2D eigenvalue weighted by atomic mass is 32.1. The van der Waals surface area contributed by atoms with Crippen molar-refractivity contribution in [3.8, 4) is 0 Å². The summed E-state index contributed by atoms with van der Waals surface area (Å²) in [5.74, 6) is -0.156. The number of halogens is 1. The van der Waals surface area contributed by atoms with Gasteiger partial charge >= 0.3 is 0 Å². The van der Waals surface area contributed by atoms with E-state index in [4.69, 9.17) is 5.73 Å². The summed E-state index contributed by atoms with van der Waals surface area (Å²) in [5, 5.41) is 2.07. The molecule has 1 atom stereocenters. The van der Waals surface area contributed by atoms with Crippen molar-refractivity contribution in [2.24, 2.45) is 5.73 Å². The highest BCUT2D eigenvalue weighted by Crippen LogP contribution is 2.23. The van der Waals surface area contributed by atoms with Crippen molar-refractivity contribution in [1.29, 1.82) is 0 Å². The molecule has 0 spiro atoms. The number of hydrogen-bond donors (Lipinski definition) is 1. The summed E-state index contributed by atoms with van der Waals surface area (Å²) in [6.45, 7) is 3.41. The SMILES string of the molecule is CN(Cc1cccs1)C(C)(CN)Cc1ccccc1F. The molecule has 0 saturated carbocycles. The molecule has 0 amide bonds. The Morgan fingerprint density at radius 2 is 2.00 bits per heavy atom. The molecule has 1 unspecified atom stereocenters. The second-order valence-electron chi connectivity index (χ2n) is 5.40. The van der Waals surface area contributed by atoms with Crippen LogP contribution in [-0.2, 0) is 13.0 Å². The van der Waals surface area contributed by atoms with Gasteiger partial charge in [-0.3, -0.25) is 4.90 Å². The predicted molar refractivity (Wildman–Crippen MR) is 83.3 cm³/mol. The molecule has 0 aliphatic carbocycles. The summed E-state index contributed by atoms with van der Waals surface area (Å²) >= 11 is 1.73. The molecule has 2 aromatic rings. The summed E-state index contributed by atoms with van der Waals surface area (Å²) in [6.07, 6.45) is 0.609. The zero-order valence-corrected chi connectivity index (χ0v) is 12.8. The Balaban J connectivity index is 2.14. The van der Waals surface area contributed by atoms with Crippen molar-refractivity contribution in [2.75, 3.05) is 13.6 Å². The van der Waals surface area contributed by atoms with Gasteiger partial charge in [0.1, 0.15) is 5.82 Å². The number of benzene rings is 1. The molecule has 2 N–H and O–H groups in total. The van der Waals surface area contributed by atoms with E-state index < -0.39 is 0 Å². The van der Waals surface area contributed by atoms with Gasteiger partial charge in [-0.2, -0.15) is 0 Å². The summed E-state index contributed by atoms with van der Waals surface area (Å²) in [4.78, 5) is 3.51. The number of hydrogen-bond acceptors (Lipinski definition) is 3. The van der Waals surface area contributed by atoms with E-state index >= 15 is 0 Å². The van der Waals surface area contributed by atoms with Crippen LogP contribution >= 0.6 is 11.3 Å². The zero-order chi connectivity index (χ0) is 14.6. The van der Waals surface area contributed by atoms with Gasteiger partial charge in [0.15, 0.2) is 0 Å². The first-order valence-electron chi connectivity index (χ1n) is 6.72. The number of likely N-dealkylation sites (N-methyl/N-ethyl adjacent to an activating group) is 1.